The van der Waals surface area contributed by atoms with Crippen molar-refractivity contribution < 1.29 is 14.7 Å². The van der Waals surface area contributed by atoms with E-state index >= 15 is 0 Å². The Balaban J connectivity index is 2.57. The van der Waals surface area contributed by atoms with Crippen LogP contribution < -0.4 is 10.6 Å². The van der Waals surface area contributed by atoms with Crippen molar-refractivity contribution in [3.63, 3.8) is 0 Å². The number of hydrogen-bond acceptors (Lipinski definition) is 4. The van der Waals surface area contributed by atoms with E-state index in [1.54, 1.807) is 6.07 Å². The summed E-state index contributed by atoms with van der Waals surface area (Å²) in [4.78, 5) is 24.6. The second kappa shape index (κ2) is 7.74. The van der Waals surface area contributed by atoms with E-state index in [0.29, 0.717) is 18.0 Å². The third kappa shape index (κ3) is 5.42. The van der Waals surface area contributed by atoms with Gasteiger partial charge in [-0.15, -0.1) is 11.3 Å². The fourth-order valence-corrected chi connectivity index (χ4v) is 3.07. The monoisotopic (exact) mass is 326 g/mol. The molecule has 0 saturated heterocycles. The minimum atomic E-state index is -0.480. The van der Waals surface area contributed by atoms with E-state index in [4.69, 9.17) is 0 Å². The van der Waals surface area contributed by atoms with Crippen molar-refractivity contribution in [2.24, 2.45) is 11.3 Å². The molecule has 0 saturated carbocycles. The largest absolute Gasteiger partial charge is 0.392 e. The highest BCUT2D eigenvalue weighted by atomic mass is 32.1. The first kappa shape index (κ1) is 18.6. The van der Waals surface area contributed by atoms with Gasteiger partial charge in [-0.05, 0) is 18.1 Å². The van der Waals surface area contributed by atoms with Gasteiger partial charge in [0.15, 0.2) is 0 Å². The summed E-state index contributed by atoms with van der Waals surface area (Å²) >= 11 is 1.36. The molecule has 1 heterocycles. The van der Waals surface area contributed by atoms with Crippen LogP contribution in [0.4, 0.5) is 0 Å². The highest BCUT2D eigenvalue weighted by Gasteiger charge is 2.30. The van der Waals surface area contributed by atoms with Crippen LogP contribution in [0, 0.1) is 11.3 Å². The number of amides is 2. The first-order valence-corrected chi connectivity index (χ1v) is 8.24. The van der Waals surface area contributed by atoms with Crippen LogP contribution in [-0.2, 0) is 11.3 Å². The van der Waals surface area contributed by atoms with Gasteiger partial charge < -0.3 is 15.7 Å². The van der Waals surface area contributed by atoms with Gasteiger partial charge in [-0.2, -0.15) is 0 Å². The number of hydrogen-bond donors (Lipinski definition) is 3. The third-order valence-corrected chi connectivity index (χ3v) is 4.62. The number of aliphatic hydroxyl groups excluding tert-OH is 1. The quantitative estimate of drug-likeness (QED) is 0.718. The highest BCUT2D eigenvalue weighted by Crippen LogP contribution is 2.25. The molecule has 0 aliphatic carbocycles. The summed E-state index contributed by atoms with van der Waals surface area (Å²) in [5, 5.41) is 15.8. The summed E-state index contributed by atoms with van der Waals surface area (Å²) in [5.41, 5.74) is -0.389. The maximum Gasteiger partial charge on any atom is 0.261 e. The lowest BCUT2D eigenvalue weighted by Crippen LogP contribution is -2.43. The lowest BCUT2D eigenvalue weighted by atomic mass is 9.81. The van der Waals surface area contributed by atoms with E-state index < -0.39 is 6.10 Å². The van der Waals surface area contributed by atoms with Gasteiger partial charge in [-0.25, -0.2) is 0 Å². The van der Waals surface area contributed by atoms with Crippen molar-refractivity contribution >= 4 is 23.2 Å². The fourth-order valence-electron chi connectivity index (χ4n) is 2.21. The fraction of sp³-hybridized carbons (Fsp3) is 0.625. The molecule has 2 amide bonds. The smallest absolute Gasteiger partial charge is 0.261 e. The summed E-state index contributed by atoms with van der Waals surface area (Å²) in [7, 11) is 0. The second-order valence-corrected chi connectivity index (χ2v) is 7.70. The summed E-state index contributed by atoms with van der Waals surface area (Å²) < 4.78 is 0. The molecule has 0 spiro atoms. The van der Waals surface area contributed by atoms with Crippen molar-refractivity contribution in [3.05, 3.63) is 21.9 Å². The number of rotatable bonds is 7. The third-order valence-electron chi connectivity index (χ3n) is 3.53. The molecule has 0 aliphatic rings. The van der Waals surface area contributed by atoms with Crippen molar-refractivity contribution in [2.45, 2.75) is 47.3 Å². The summed E-state index contributed by atoms with van der Waals surface area (Å²) in [6, 6.07) is 3.59. The Hall–Kier alpha value is -1.40. The van der Waals surface area contributed by atoms with Crippen LogP contribution in [0.3, 0.4) is 0 Å². The van der Waals surface area contributed by atoms with Crippen molar-refractivity contribution in [1.29, 1.82) is 0 Å². The topological polar surface area (TPSA) is 78.4 Å². The molecule has 1 rings (SSSR count). The Morgan fingerprint density at radius 3 is 2.45 bits per heavy atom. The zero-order valence-corrected chi connectivity index (χ0v) is 14.7. The van der Waals surface area contributed by atoms with E-state index in [1.807, 2.05) is 33.8 Å². The molecule has 0 bridgehead atoms. The van der Waals surface area contributed by atoms with Crippen molar-refractivity contribution in [3.8, 4) is 0 Å². The van der Waals surface area contributed by atoms with E-state index in [9.17, 15) is 14.7 Å². The Kier molecular flexibility index (Phi) is 6.56. The molecule has 0 aromatic carbocycles. The molecule has 1 aromatic heterocycles. The van der Waals surface area contributed by atoms with Gasteiger partial charge in [0.1, 0.15) is 0 Å². The van der Waals surface area contributed by atoms with E-state index in [-0.39, 0.29) is 23.1 Å². The molecule has 22 heavy (non-hydrogen) atoms. The predicted octanol–water partition coefficient (Wildman–Crippen LogP) is 2.16. The summed E-state index contributed by atoms with van der Waals surface area (Å²) in [5.74, 6) is -0.107. The zero-order chi connectivity index (χ0) is 16.9. The van der Waals surface area contributed by atoms with Gasteiger partial charge >= 0.3 is 0 Å². The molecular weight excluding hydrogens is 300 g/mol. The van der Waals surface area contributed by atoms with Gasteiger partial charge in [0.05, 0.1) is 17.5 Å². The van der Waals surface area contributed by atoms with Gasteiger partial charge in [0.25, 0.3) is 5.91 Å². The van der Waals surface area contributed by atoms with E-state index in [0.717, 1.165) is 4.88 Å². The standard InChI is InChI=1S/C16H26N2O3S/c1-10(2)14(20)16(4,5)9-18-15(21)13-7-6-12(22-13)8-17-11(3)19/h6-7,10,14,20H,8-9H2,1-5H3,(H,17,19)(H,18,21). The van der Waals surface area contributed by atoms with Crippen LogP contribution in [0.15, 0.2) is 12.1 Å². The molecule has 124 valence electrons. The molecule has 3 N–H and O–H groups in total. The lowest BCUT2D eigenvalue weighted by molar-refractivity contribution is -0.119. The van der Waals surface area contributed by atoms with Gasteiger partial charge in [-0.3, -0.25) is 9.59 Å². The zero-order valence-electron chi connectivity index (χ0n) is 13.9. The molecule has 1 unspecified atom stereocenters. The Labute approximate surface area is 136 Å². The van der Waals surface area contributed by atoms with E-state index in [1.165, 1.54) is 18.3 Å². The molecule has 5 nitrogen and oxygen atoms in total. The maximum absolute atomic E-state index is 12.2. The number of carbonyl (C=O) groups is 2. The lowest BCUT2D eigenvalue weighted by Gasteiger charge is -2.33. The number of thiophene rings is 1. The number of carbonyl (C=O) groups excluding carboxylic acids is 2. The maximum atomic E-state index is 12.2. The summed E-state index contributed by atoms with van der Waals surface area (Å²) in [6.45, 7) is 10.1. The van der Waals surface area contributed by atoms with Gasteiger partial charge in [0.2, 0.25) is 5.91 Å². The average molecular weight is 326 g/mol. The Morgan fingerprint density at radius 1 is 1.27 bits per heavy atom. The van der Waals surface area contributed by atoms with Crippen LogP contribution in [0.1, 0.15) is 49.2 Å². The van der Waals surface area contributed by atoms with Crippen LogP contribution in [0.25, 0.3) is 0 Å². The van der Waals surface area contributed by atoms with Gasteiger partial charge in [0, 0.05) is 23.8 Å². The molecule has 1 atom stereocenters. The molecular formula is C16H26N2O3S. The minimum absolute atomic E-state index is 0.0937. The van der Waals surface area contributed by atoms with Crippen LogP contribution in [0.5, 0.6) is 0 Å². The minimum Gasteiger partial charge on any atom is -0.392 e. The van der Waals surface area contributed by atoms with Crippen LogP contribution >= 0.6 is 11.3 Å². The van der Waals surface area contributed by atoms with Gasteiger partial charge in [-0.1, -0.05) is 27.7 Å². The molecule has 0 fully saturated rings. The normalized spacial score (nSPS) is 13.0. The van der Waals surface area contributed by atoms with Crippen molar-refractivity contribution in [2.75, 3.05) is 6.54 Å². The first-order valence-electron chi connectivity index (χ1n) is 7.43. The SMILES string of the molecule is CC(=O)NCc1ccc(C(=O)NCC(C)(C)C(O)C(C)C)s1. The highest BCUT2D eigenvalue weighted by molar-refractivity contribution is 7.14. The number of nitrogens with one attached hydrogen (secondary N) is 2. The first-order chi connectivity index (χ1) is 10.1. The number of aliphatic hydroxyl groups is 1. The average Bonchev–Trinajstić information content (AvgIpc) is 2.90. The predicted molar refractivity (Wildman–Crippen MR) is 88.8 cm³/mol. The van der Waals surface area contributed by atoms with Crippen LogP contribution in [-0.4, -0.2) is 29.6 Å². The molecule has 1 aromatic rings. The molecule has 0 radical (unpaired) electrons. The molecule has 6 heteroatoms. The molecule has 0 aliphatic heterocycles. The summed E-state index contributed by atoms with van der Waals surface area (Å²) in [6.07, 6.45) is -0.480. The van der Waals surface area contributed by atoms with E-state index in [2.05, 4.69) is 10.6 Å². The Morgan fingerprint density at radius 2 is 1.91 bits per heavy atom. The van der Waals surface area contributed by atoms with Crippen molar-refractivity contribution in [1.82, 2.24) is 10.6 Å². The Bertz CT molecular complexity index is 523. The van der Waals surface area contributed by atoms with Crippen LogP contribution in [0.2, 0.25) is 0 Å². The second-order valence-electron chi connectivity index (χ2n) is 6.54.